The van der Waals surface area contributed by atoms with Gasteiger partial charge in [0.25, 0.3) is 0 Å². The highest BCUT2D eigenvalue weighted by atomic mass is 15.2. The summed E-state index contributed by atoms with van der Waals surface area (Å²) in [7, 11) is 0. The van der Waals surface area contributed by atoms with Crippen molar-refractivity contribution in [1.29, 1.82) is 0 Å². The standard InChI is InChI=1S/C8H15N3/c1-6-9-7(11-10-6)5-8(2,3)4/h5H2,1-4H3,(H,9,10,11). The third-order valence-electron chi connectivity index (χ3n) is 1.34. The quantitative estimate of drug-likeness (QED) is 0.667. The zero-order valence-corrected chi connectivity index (χ0v) is 7.60. The summed E-state index contributed by atoms with van der Waals surface area (Å²) in [4.78, 5) is 4.23. The van der Waals surface area contributed by atoms with Crippen molar-refractivity contribution in [2.45, 2.75) is 34.1 Å². The average molecular weight is 153 g/mol. The summed E-state index contributed by atoms with van der Waals surface area (Å²) in [6.45, 7) is 8.45. The van der Waals surface area contributed by atoms with Gasteiger partial charge in [0.1, 0.15) is 11.6 Å². The first-order valence-electron chi connectivity index (χ1n) is 3.85. The lowest BCUT2D eigenvalue weighted by Crippen LogP contribution is -2.10. The first-order valence-corrected chi connectivity index (χ1v) is 3.85. The van der Waals surface area contributed by atoms with Crippen LogP contribution < -0.4 is 0 Å². The molecule has 0 aliphatic heterocycles. The fraction of sp³-hybridized carbons (Fsp3) is 0.750. The number of rotatable bonds is 1. The van der Waals surface area contributed by atoms with Gasteiger partial charge in [0, 0.05) is 6.42 Å². The molecule has 0 bridgehead atoms. The molecule has 0 aliphatic carbocycles. The molecular weight excluding hydrogens is 138 g/mol. The Hall–Kier alpha value is -0.860. The van der Waals surface area contributed by atoms with Crippen molar-refractivity contribution < 1.29 is 0 Å². The number of H-pyrrole nitrogens is 1. The zero-order chi connectivity index (χ0) is 8.48. The summed E-state index contributed by atoms with van der Waals surface area (Å²) in [5.41, 5.74) is 0.284. The van der Waals surface area contributed by atoms with E-state index in [-0.39, 0.29) is 5.41 Å². The Bertz CT molecular complexity index is 232. The van der Waals surface area contributed by atoms with Crippen LogP contribution in [0.5, 0.6) is 0 Å². The second-order valence-corrected chi connectivity index (χ2v) is 4.07. The largest absolute Gasteiger partial charge is 0.263 e. The molecule has 3 nitrogen and oxygen atoms in total. The minimum Gasteiger partial charge on any atom is -0.263 e. The molecule has 0 saturated carbocycles. The fourth-order valence-corrected chi connectivity index (χ4v) is 0.972. The van der Waals surface area contributed by atoms with Gasteiger partial charge in [-0.1, -0.05) is 20.8 Å². The molecule has 0 atom stereocenters. The molecule has 1 N–H and O–H groups in total. The van der Waals surface area contributed by atoms with Crippen molar-refractivity contribution >= 4 is 0 Å². The lowest BCUT2D eigenvalue weighted by Gasteiger charge is -2.14. The second kappa shape index (κ2) is 2.64. The van der Waals surface area contributed by atoms with Crippen LogP contribution in [-0.4, -0.2) is 15.2 Å². The summed E-state index contributed by atoms with van der Waals surface area (Å²) < 4.78 is 0. The Morgan fingerprint density at radius 2 is 2.00 bits per heavy atom. The number of aryl methyl sites for hydroxylation is 1. The van der Waals surface area contributed by atoms with E-state index in [1.165, 1.54) is 0 Å². The number of nitrogens with one attached hydrogen (secondary N) is 1. The molecule has 1 aromatic rings. The molecule has 0 fully saturated rings. The van der Waals surface area contributed by atoms with E-state index in [4.69, 9.17) is 0 Å². The zero-order valence-electron chi connectivity index (χ0n) is 7.60. The third kappa shape index (κ3) is 2.70. The Labute approximate surface area is 67.2 Å². The second-order valence-electron chi connectivity index (χ2n) is 4.07. The van der Waals surface area contributed by atoms with E-state index in [9.17, 15) is 0 Å². The molecular formula is C8H15N3. The van der Waals surface area contributed by atoms with Gasteiger partial charge in [-0.05, 0) is 12.3 Å². The van der Waals surface area contributed by atoms with E-state index < -0.39 is 0 Å². The van der Waals surface area contributed by atoms with Crippen LogP contribution in [0.15, 0.2) is 0 Å². The monoisotopic (exact) mass is 153 g/mol. The minimum absolute atomic E-state index is 0.284. The Morgan fingerprint density at radius 3 is 2.36 bits per heavy atom. The van der Waals surface area contributed by atoms with Crippen LogP contribution >= 0.6 is 0 Å². The van der Waals surface area contributed by atoms with E-state index in [2.05, 4.69) is 36.0 Å². The maximum atomic E-state index is 4.23. The van der Waals surface area contributed by atoms with Gasteiger partial charge in [-0.2, -0.15) is 5.10 Å². The van der Waals surface area contributed by atoms with Crippen LogP contribution in [-0.2, 0) is 6.42 Å². The molecule has 0 amide bonds. The lowest BCUT2D eigenvalue weighted by molar-refractivity contribution is 0.401. The number of hydrogen-bond acceptors (Lipinski definition) is 2. The van der Waals surface area contributed by atoms with Crippen molar-refractivity contribution in [2.24, 2.45) is 5.41 Å². The fourth-order valence-electron chi connectivity index (χ4n) is 0.972. The lowest BCUT2D eigenvalue weighted by atomic mass is 9.92. The van der Waals surface area contributed by atoms with E-state index >= 15 is 0 Å². The van der Waals surface area contributed by atoms with Crippen LogP contribution in [0.4, 0.5) is 0 Å². The SMILES string of the molecule is Cc1n[nH]c(CC(C)(C)C)n1. The molecule has 1 rings (SSSR count). The Morgan fingerprint density at radius 1 is 1.36 bits per heavy atom. The summed E-state index contributed by atoms with van der Waals surface area (Å²) in [5.74, 6) is 1.80. The van der Waals surface area contributed by atoms with Crippen LogP contribution in [0.2, 0.25) is 0 Å². The van der Waals surface area contributed by atoms with Gasteiger partial charge in [0.2, 0.25) is 0 Å². The topological polar surface area (TPSA) is 41.6 Å². The van der Waals surface area contributed by atoms with Gasteiger partial charge in [0.05, 0.1) is 0 Å². The highest BCUT2D eigenvalue weighted by Gasteiger charge is 2.13. The van der Waals surface area contributed by atoms with Crippen molar-refractivity contribution in [1.82, 2.24) is 15.2 Å². The van der Waals surface area contributed by atoms with Gasteiger partial charge in [0.15, 0.2) is 0 Å². The van der Waals surface area contributed by atoms with Crippen molar-refractivity contribution in [3.05, 3.63) is 11.6 Å². The number of nitrogens with zero attached hydrogens (tertiary/aromatic N) is 2. The van der Waals surface area contributed by atoms with Gasteiger partial charge >= 0.3 is 0 Å². The van der Waals surface area contributed by atoms with E-state index in [1.54, 1.807) is 0 Å². The summed E-state index contributed by atoms with van der Waals surface area (Å²) in [5, 5.41) is 6.87. The highest BCUT2D eigenvalue weighted by molar-refractivity contribution is 4.90. The van der Waals surface area contributed by atoms with Gasteiger partial charge in [-0.15, -0.1) is 0 Å². The van der Waals surface area contributed by atoms with Gasteiger partial charge < -0.3 is 0 Å². The smallest absolute Gasteiger partial charge is 0.147 e. The Kier molecular flexibility index (Phi) is 1.98. The summed E-state index contributed by atoms with van der Waals surface area (Å²) >= 11 is 0. The number of hydrogen-bond donors (Lipinski definition) is 1. The predicted molar refractivity (Wildman–Crippen MR) is 44.3 cm³/mol. The maximum Gasteiger partial charge on any atom is 0.147 e. The number of aromatic amines is 1. The van der Waals surface area contributed by atoms with Crippen molar-refractivity contribution in [2.75, 3.05) is 0 Å². The van der Waals surface area contributed by atoms with Crippen molar-refractivity contribution in [3.8, 4) is 0 Å². The molecule has 0 unspecified atom stereocenters. The molecule has 0 radical (unpaired) electrons. The molecule has 1 heterocycles. The summed E-state index contributed by atoms with van der Waals surface area (Å²) in [6.07, 6.45) is 0.952. The molecule has 0 aliphatic rings. The maximum absolute atomic E-state index is 4.23. The molecule has 62 valence electrons. The number of aromatic nitrogens is 3. The van der Waals surface area contributed by atoms with Crippen LogP contribution in [0.25, 0.3) is 0 Å². The molecule has 0 spiro atoms. The minimum atomic E-state index is 0.284. The first kappa shape index (κ1) is 8.24. The highest BCUT2D eigenvalue weighted by Crippen LogP contribution is 2.17. The van der Waals surface area contributed by atoms with Gasteiger partial charge in [-0.3, -0.25) is 5.10 Å². The van der Waals surface area contributed by atoms with E-state index in [0.717, 1.165) is 18.1 Å². The van der Waals surface area contributed by atoms with Gasteiger partial charge in [-0.25, -0.2) is 4.98 Å². The van der Waals surface area contributed by atoms with Crippen LogP contribution in [0.3, 0.4) is 0 Å². The molecule has 0 saturated heterocycles. The Balaban J connectivity index is 2.65. The summed E-state index contributed by atoms with van der Waals surface area (Å²) in [6, 6.07) is 0. The molecule has 0 aromatic carbocycles. The first-order chi connectivity index (χ1) is 4.97. The molecule has 11 heavy (non-hydrogen) atoms. The average Bonchev–Trinajstić information content (AvgIpc) is 2.10. The van der Waals surface area contributed by atoms with E-state index in [1.807, 2.05) is 6.92 Å². The van der Waals surface area contributed by atoms with Crippen LogP contribution in [0, 0.1) is 12.3 Å². The normalized spacial score (nSPS) is 12.0. The van der Waals surface area contributed by atoms with E-state index in [0.29, 0.717) is 0 Å². The van der Waals surface area contributed by atoms with Crippen LogP contribution in [0.1, 0.15) is 32.4 Å². The molecule has 1 aromatic heterocycles. The predicted octanol–water partition coefficient (Wildman–Crippen LogP) is 1.70. The third-order valence-corrected chi connectivity index (χ3v) is 1.34. The molecule has 3 heteroatoms. The van der Waals surface area contributed by atoms with Crippen molar-refractivity contribution in [3.63, 3.8) is 0 Å².